The van der Waals surface area contributed by atoms with Crippen LogP contribution in [0.2, 0.25) is 0 Å². The van der Waals surface area contributed by atoms with Crippen LogP contribution in [0.25, 0.3) is 0 Å². The van der Waals surface area contributed by atoms with Crippen LogP contribution in [0.5, 0.6) is 5.75 Å². The van der Waals surface area contributed by atoms with Gasteiger partial charge in [0.25, 0.3) is 5.91 Å². The molecule has 0 radical (unpaired) electrons. The number of carbonyl (C=O) groups is 1. The summed E-state index contributed by atoms with van der Waals surface area (Å²) >= 11 is 0. The molecule has 0 aromatic heterocycles. The van der Waals surface area contributed by atoms with Gasteiger partial charge in [0.1, 0.15) is 10.6 Å². The van der Waals surface area contributed by atoms with E-state index in [0.29, 0.717) is 19.8 Å². The molecule has 7 nitrogen and oxygen atoms in total. The molecule has 0 spiro atoms. The SMILES string of the molecule is CCOc1ccc(C(=O)NC[C@H]2CCCO2)cc1S(=O)(=O)NC(C)C. The van der Waals surface area contributed by atoms with E-state index in [1.165, 1.54) is 12.1 Å². The second-order valence-corrected chi connectivity index (χ2v) is 7.90. The summed E-state index contributed by atoms with van der Waals surface area (Å²) < 4.78 is 38.5. The molecule has 140 valence electrons. The lowest BCUT2D eigenvalue weighted by molar-refractivity contribution is 0.0857. The third-order valence-corrected chi connectivity index (χ3v) is 5.38. The summed E-state index contributed by atoms with van der Waals surface area (Å²) in [7, 11) is -3.78. The van der Waals surface area contributed by atoms with Crippen molar-refractivity contribution < 1.29 is 22.7 Å². The maximum Gasteiger partial charge on any atom is 0.251 e. The Bertz CT molecular complexity index is 697. The lowest BCUT2D eigenvalue weighted by Crippen LogP contribution is -2.33. The van der Waals surface area contributed by atoms with Gasteiger partial charge in [0.15, 0.2) is 0 Å². The van der Waals surface area contributed by atoms with Crippen LogP contribution in [0.3, 0.4) is 0 Å². The van der Waals surface area contributed by atoms with Crippen LogP contribution >= 0.6 is 0 Å². The summed E-state index contributed by atoms with van der Waals surface area (Å²) in [5, 5.41) is 2.79. The molecule has 0 unspecified atom stereocenters. The molecule has 1 saturated heterocycles. The Kier molecular flexibility index (Phi) is 6.80. The van der Waals surface area contributed by atoms with E-state index in [9.17, 15) is 13.2 Å². The van der Waals surface area contributed by atoms with E-state index in [2.05, 4.69) is 10.0 Å². The zero-order chi connectivity index (χ0) is 18.4. The fourth-order valence-corrected chi connectivity index (χ4v) is 4.04. The van der Waals surface area contributed by atoms with Gasteiger partial charge < -0.3 is 14.8 Å². The maximum absolute atomic E-state index is 12.5. The van der Waals surface area contributed by atoms with E-state index in [-0.39, 0.29) is 34.3 Å². The Morgan fingerprint density at radius 3 is 2.76 bits per heavy atom. The van der Waals surface area contributed by atoms with Crippen molar-refractivity contribution in [1.82, 2.24) is 10.0 Å². The van der Waals surface area contributed by atoms with Gasteiger partial charge in [0.2, 0.25) is 10.0 Å². The molecule has 0 aliphatic carbocycles. The summed E-state index contributed by atoms with van der Waals surface area (Å²) in [5.74, 6) is -0.106. The number of benzene rings is 1. The zero-order valence-electron chi connectivity index (χ0n) is 14.9. The minimum atomic E-state index is -3.78. The molecule has 1 aliphatic rings. The molecule has 25 heavy (non-hydrogen) atoms. The van der Waals surface area contributed by atoms with E-state index in [0.717, 1.165) is 12.8 Å². The molecule has 0 saturated carbocycles. The average Bonchev–Trinajstić information content (AvgIpc) is 3.05. The standard InChI is InChI=1S/C17H26N2O5S/c1-4-23-15-8-7-13(10-16(15)25(21,22)19-12(2)3)17(20)18-11-14-6-5-9-24-14/h7-8,10,12,14,19H,4-6,9,11H2,1-3H3,(H,18,20)/t14-/m1/s1. The van der Waals surface area contributed by atoms with Gasteiger partial charge in [-0.25, -0.2) is 13.1 Å². The van der Waals surface area contributed by atoms with Gasteiger partial charge in [-0.3, -0.25) is 4.79 Å². The Hall–Kier alpha value is -1.64. The summed E-state index contributed by atoms with van der Waals surface area (Å²) in [5.41, 5.74) is 0.269. The van der Waals surface area contributed by atoms with Crippen LogP contribution in [-0.4, -0.2) is 46.2 Å². The lowest BCUT2D eigenvalue weighted by Gasteiger charge is -2.15. The average molecular weight is 370 g/mol. The third kappa shape index (κ3) is 5.42. The predicted molar refractivity (Wildman–Crippen MR) is 94.4 cm³/mol. The molecule has 1 aromatic rings. The first-order valence-corrected chi connectivity index (χ1v) is 10.0. The van der Waals surface area contributed by atoms with E-state index >= 15 is 0 Å². The summed E-state index contributed by atoms with van der Waals surface area (Å²) in [6.07, 6.45) is 1.94. The molecule has 1 fully saturated rings. The van der Waals surface area contributed by atoms with Gasteiger partial charge in [-0.15, -0.1) is 0 Å². The third-order valence-electron chi connectivity index (χ3n) is 3.70. The highest BCUT2D eigenvalue weighted by molar-refractivity contribution is 7.89. The van der Waals surface area contributed by atoms with Crippen molar-refractivity contribution in [3.05, 3.63) is 23.8 Å². The number of carbonyl (C=O) groups excluding carboxylic acids is 1. The van der Waals surface area contributed by atoms with Crippen LogP contribution in [0.1, 0.15) is 44.0 Å². The monoisotopic (exact) mass is 370 g/mol. The largest absolute Gasteiger partial charge is 0.492 e. The van der Waals surface area contributed by atoms with E-state index in [4.69, 9.17) is 9.47 Å². The fourth-order valence-electron chi connectivity index (χ4n) is 2.62. The number of rotatable bonds is 8. The van der Waals surface area contributed by atoms with Crippen molar-refractivity contribution in [3.63, 3.8) is 0 Å². The fraction of sp³-hybridized carbons (Fsp3) is 0.588. The van der Waals surface area contributed by atoms with Gasteiger partial charge >= 0.3 is 0 Å². The van der Waals surface area contributed by atoms with Gasteiger partial charge in [0, 0.05) is 24.8 Å². The first-order chi connectivity index (χ1) is 11.8. The molecule has 2 N–H and O–H groups in total. The molecular weight excluding hydrogens is 344 g/mol. The first kappa shape index (κ1) is 19.7. The van der Waals surface area contributed by atoms with Crippen LogP contribution in [-0.2, 0) is 14.8 Å². The number of amides is 1. The Morgan fingerprint density at radius 2 is 2.16 bits per heavy atom. The van der Waals surface area contributed by atoms with Gasteiger partial charge in [-0.2, -0.15) is 0 Å². The molecule has 1 heterocycles. The number of sulfonamides is 1. The minimum Gasteiger partial charge on any atom is -0.492 e. The van der Waals surface area contributed by atoms with Crippen molar-refractivity contribution >= 4 is 15.9 Å². The molecule has 1 atom stereocenters. The number of hydrogen-bond donors (Lipinski definition) is 2. The predicted octanol–water partition coefficient (Wildman–Crippen LogP) is 1.68. The van der Waals surface area contributed by atoms with Crippen LogP contribution < -0.4 is 14.8 Å². The second kappa shape index (κ2) is 8.64. The second-order valence-electron chi connectivity index (χ2n) is 6.22. The smallest absolute Gasteiger partial charge is 0.251 e. The molecule has 8 heteroatoms. The Balaban J connectivity index is 2.21. The van der Waals surface area contributed by atoms with Gasteiger partial charge in [-0.1, -0.05) is 0 Å². The summed E-state index contributed by atoms with van der Waals surface area (Å²) in [6, 6.07) is 4.15. The Labute approximate surface area is 149 Å². The molecular formula is C17H26N2O5S. The number of nitrogens with one attached hydrogen (secondary N) is 2. The first-order valence-electron chi connectivity index (χ1n) is 8.52. The zero-order valence-corrected chi connectivity index (χ0v) is 15.7. The minimum absolute atomic E-state index is 0.0254. The van der Waals surface area contributed by atoms with E-state index in [1.807, 2.05) is 0 Å². The topological polar surface area (TPSA) is 93.7 Å². The number of hydrogen-bond acceptors (Lipinski definition) is 5. The lowest BCUT2D eigenvalue weighted by atomic mass is 10.2. The highest BCUT2D eigenvalue weighted by Crippen LogP contribution is 2.25. The Morgan fingerprint density at radius 1 is 1.40 bits per heavy atom. The molecule has 1 aromatic carbocycles. The van der Waals surface area contributed by atoms with Crippen molar-refractivity contribution in [2.45, 2.75) is 50.7 Å². The molecule has 1 amide bonds. The summed E-state index contributed by atoms with van der Waals surface area (Å²) in [4.78, 5) is 12.3. The molecule has 0 bridgehead atoms. The van der Waals surface area contributed by atoms with E-state index in [1.54, 1.807) is 26.8 Å². The number of ether oxygens (including phenoxy) is 2. The van der Waals surface area contributed by atoms with Crippen molar-refractivity contribution in [1.29, 1.82) is 0 Å². The van der Waals surface area contributed by atoms with Gasteiger partial charge in [0.05, 0.1) is 12.7 Å². The maximum atomic E-state index is 12.5. The van der Waals surface area contributed by atoms with Crippen LogP contribution in [0.4, 0.5) is 0 Å². The van der Waals surface area contributed by atoms with Crippen LogP contribution in [0, 0.1) is 0 Å². The molecule has 2 rings (SSSR count). The van der Waals surface area contributed by atoms with E-state index < -0.39 is 10.0 Å². The van der Waals surface area contributed by atoms with Crippen molar-refractivity contribution in [2.24, 2.45) is 0 Å². The van der Waals surface area contributed by atoms with Crippen molar-refractivity contribution in [2.75, 3.05) is 19.8 Å². The normalized spacial score (nSPS) is 17.7. The highest BCUT2D eigenvalue weighted by atomic mass is 32.2. The highest BCUT2D eigenvalue weighted by Gasteiger charge is 2.23. The summed E-state index contributed by atoms with van der Waals surface area (Å²) in [6.45, 7) is 6.70. The van der Waals surface area contributed by atoms with Crippen LogP contribution in [0.15, 0.2) is 23.1 Å². The quantitative estimate of drug-likeness (QED) is 0.726. The van der Waals surface area contributed by atoms with Crippen molar-refractivity contribution in [3.8, 4) is 5.75 Å². The molecule has 1 aliphatic heterocycles. The van der Waals surface area contributed by atoms with Gasteiger partial charge in [-0.05, 0) is 51.8 Å².